The van der Waals surface area contributed by atoms with Gasteiger partial charge in [0.2, 0.25) is 5.91 Å². The molecule has 6 heteroatoms. The first kappa shape index (κ1) is 27.0. The van der Waals surface area contributed by atoms with Crippen molar-refractivity contribution in [2.24, 2.45) is 5.73 Å². The van der Waals surface area contributed by atoms with Crippen LogP contribution in [-0.4, -0.2) is 58.4 Å². The Bertz CT molecular complexity index is 1500. The Morgan fingerprint density at radius 3 is 2.27 bits per heavy atom. The maximum Gasteiger partial charge on any atom is 0.321 e. The molecule has 2 fully saturated rings. The van der Waals surface area contributed by atoms with Gasteiger partial charge < -0.3 is 20.4 Å². The first-order valence-corrected chi connectivity index (χ1v) is 14.8. The van der Waals surface area contributed by atoms with Gasteiger partial charge in [-0.3, -0.25) is 4.79 Å². The molecule has 2 N–H and O–H groups in total. The third kappa shape index (κ3) is 5.70. The van der Waals surface area contributed by atoms with Crippen molar-refractivity contribution in [2.75, 3.05) is 19.6 Å². The molecule has 2 heterocycles. The molecule has 2 aliphatic heterocycles. The average Bonchev–Trinajstić information content (AvgIpc) is 3.25. The van der Waals surface area contributed by atoms with Gasteiger partial charge in [0.25, 0.3) is 0 Å². The summed E-state index contributed by atoms with van der Waals surface area (Å²) < 4.78 is 0. The van der Waals surface area contributed by atoms with Crippen LogP contribution >= 0.6 is 0 Å². The van der Waals surface area contributed by atoms with E-state index in [9.17, 15) is 9.59 Å². The van der Waals surface area contributed by atoms with Crippen molar-refractivity contribution in [1.82, 2.24) is 14.7 Å². The maximum atomic E-state index is 14.1. The number of carbonyl (C=O) groups excluding carboxylic acids is 2. The second-order valence-corrected chi connectivity index (χ2v) is 11.3. The van der Waals surface area contributed by atoms with Crippen LogP contribution in [0.15, 0.2) is 97.1 Å². The highest BCUT2D eigenvalue weighted by Crippen LogP contribution is 2.31. The van der Waals surface area contributed by atoms with Gasteiger partial charge in [0.1, 0.15) is 6.04 Å². The van der Waals surface area contributed by atoms with E-state index in [0.29, 0.717) is 39.1 Å². The number of hydrogen-bond acceptors (Lipinski definition) is 3. The Hall–Kier alpha value is -4.16. The number of amides is 3. The number of carbonyl (C=O) groups is 2. The van der Waals surface area contributed by atoms with Crippen molar-refractivity contribution in [3.05, 3.63) is 108 Å². The van der Waals surface area contributed by atoms with Crippen molar-refractivity contribution >= 4 is 22.7 Å². The minimum Gasteiger partial charge on any atom is -0.336 e. The molecule has 0 spiro atoms. The van der Waals surface area contributed by atoms with Gasteiger partial charge in [-0.1, -0.05) is 97.1 Å². The number of fused-ring (bicyclic) bond motifs is 2. The molecule has 0 bridgehead atoms. The van der Waals surface area contributed by atoms with Crippen molar-refractivity contribution in [1.29, 1.82) is 0 Å². The Morgan fingerprint density at radius 2 is 1.46 bits per heavy atom. The van der Waals surface area contributed by atoms with Crippen LogP contribution in [0.3, 0.4) is 0 Å². The van der Waals surface area contributed by atoms with Gasteiger partial charge in [0.05, 0.1) is 6.04 Å². The van der Waals surface area contributed by atoms with Gasteiger partial charge in [-0.15, -0.1) is 0 Å². The molecule has 4 aromatic rings. The zero-order chi connectivity index (χ0) is 28.2. The molecule has 2 atom stereocenters. The molecule has 3 amide bonds. The van der Waals surface area contributed by atoms with Gasteiger partial charge in [-0.25, -0.2) is 4.79 Å². The lowest BCUT2D eigenvalue weighted by Crippen LogP contribution is -2.49. The molecule has 0 unspecified atom stereocenters. The number of nitrogens with two attached hydrogens (primary N) is 1. The molecule has 6 nitrogen and oxygen atoms in total. The second-order valence-electron chi connectivity index (χ2n) is 11.3. The van der Waals surface area contributed by atoms with Crippen LogP contribution < -0.4 is 5.73 Å². The predicted molar refractivity (Wildman–Crippen MR) is 164 cm³/mol. The first-order chi connectivity index (χ1) is 20.1. The van der Waals surface area contributed by atoms with Crippen molar-refractivity contribution in [3.8, 4) is 11.1 Å². The highest BCUT2D eigenvalue weighted by molar-refractivity contribution is 5.90. The zero-order valence-electron chi connectivity index (χ0n) is 23.5. The zero-order valence-corrected chi connectivity index (χ0v) is 23.5. The van der Waals surface area contributed by atoms with Gasteiger partial charge in [0.15, 0.2) is 0 Å². The van der Waals surface area contributed by atoms with Crippen molar-refractivity contribution in [3.63, 3.8) is 0 Å². The summed E-state index contributed by atoms with van der Waals surface area (Å²) in [4.78, 5) is 33.8. The molecule has 41 heavy (non-hydrogen) atoms. The first-order valence-electron chi connectivity index (χ1n) is 14.8. The van der Waals surface area contributed by atoms with Crippen LogP contribution in [-0.2, 0) is 17.9 Å². The number of unbranched alkanes of at least 4 members (excludes halogenated alkanes) is 1. The normalized spacial score (nSPS) is 19.1. The smallest absolute Gasteiger partial charge is 0.321 e. The highest BCUT2D eigenvalue weighted by Gasteiger charge is 2.46. The van der Waals surface area contributed by atoms with Gasteiger partial charge in [0, 0.05) is 26.2 Å². The number of rotatable bonds is 9. The summed E-state index contributed by atoms with van der Waals surface area (Å²) in [7, 11) is 0. The lowest BCUT2D eigenvalue weighted by Gasteiger charge is -2.31. The minimum absolute atomic E-state index is 0.0236. The summed E-state index contributed by atoms with van der Waals surface area (Å²) in [5.74, 6) is 0.0554. The van der Waals surface area contributed by atoms with Gasteiger partial charge >= 0.3 is 6.03 Å². The van der Waals surface area contributed by atoms with E-state index in [1.165, 1.54) is 16.3 Å². The Kier molecular flexibility index (Phi) is 8.01. The van der Waals surface area contributed by atoms with Crippen LogP contribution in [0.5, 0.6) is 0 Å². The second kappa shape index (κ2) is 12.1. The van der Waals surface area contributed by atoms with Crippen LogP contribution in [0.1, 0.15) is 36.8 Å². The van der Waals surface area contributed by atoms with E-state index in [0.717, 1.165) is 36.0 Å². The van der Waals surface area contributed by atoms with E-state index in [1.807, 2.05) is 45.0 Å². The third-order valence-electron chi connectivity index (χ3n) is 8.59. The van der Waals surface area contributed by atoms with Crippen LogP contribution in [0.2, 0.25) is 0 Å². The SMILES string of the molecule is NCCCC[C@@H]1C(=O)N(Cc2cccc3ccccc23)CC[C@H]2CN(Cc3ccc(-c4ccccc4)cc3)C(=O)N21. The largest absolute Gasteiger partial charge is 0.336 e. The summed E-state index contributed by atoms with van der Waals surface area (Å²) in [6.07, 6.45) is 3.09. The fourth-order valence-electron chi connectivity index (χ4n) is 6.43. The number of hydrogen-bond donors (Lipinski definition) is 1. The van der Waals surface area contributed by atoms with E-state index < -0.39 is 6.04 Å². The summed E-state index contributed by atoms with van der Waals surface area (Å²) in [5, 5.41) is 2.35. The molecule has 0 aliphatic carbocycles. The molecular formula is C35H38N4O2. The van der Waals surface area contributed by atoms with E-state index in [-0.39, 0.29) is 18.0 Å². The molecule has 0 saturated carbocycles. The van der Waals surface area contributed by atoms with Gasteiger partial charge in [-0.2, -0.15) is 0 Å². The Balaban J connectivity index is 1.20. The lowest BCUT2D eigenvalue weighted by molar-refractivity contribution is -0.135. The number of urea groups is 1. The summed E-state index contributed by atoms with van der Waals surface area (Å²) in [6, 6.07) is 32.9. The Labute approximate surface area is 242 Å². The predicted octanol–water partition coefficient (Wildman–Crippen LogP) is 6.04. The molecule has 2 aliphatic rings. The van der Waals surface area contributed by atoms with Crippen molar-refractivity contribution < 1.29 is 9.59 Å². The van der Waals surface area contributed by atoms with Crippen LogP contribution in [0, 0.1) is 0 Å². The summed E-state index contributed by atoms with van der Waals surface area (Å²) >= 11 is 0. The molecule has 210 valence electrons. The van der Waals surface area contributed by atoms with E-state index in [4.69, 9.17) is 5.73 Å². The average molecular weight is 547 g/mol. The summed E-state index contributed by atoms with van der Waals surface area (Å²) in [5.41, 5.74) is 10.4. The third-order valence-corrected chi connectivity index (χ3v) is 8.59. The number of nitrogens with zero attached hydrogens (tertiary/aromatic N) is 3. The van der Waals surface area contributed by atoms with E-state index in [2.05, 4.69) is 66.7 Å². The number of benzene rings is 4. The monoisotopic (exact) mass is 546 g/mol. The van der Waals surface area contributed by atoms with Crippen LogP contribution in [0.25, 0.3) is 21.9 Å². The fourth-order valence-corrected chi connectivity index (χ4v) is 6.43. The van der Waals surface area contributed by atoms with Crippen molar-refractivity contribution in [2.45, 2.75) is 50.9 Å². The minimum atomic E-state index is -0.456. The maximum absolute atomic E-state index is 14.1. The quantitative estimate of drug-likeness (QED) is 0.260. The molecule has 0 radical (unpaired) electrons. The standard InChI is InChI=1S/C35H38N4O2/c36-21-7-6-15-33-34(40)37(24-30-13-8-12-29-11-4-5-14-32(29)30)22-20-31-25-38(35(41)39(31)33)23-26-16-18-28(19-17-26)27-9-2-1-3-10-27/h1-5,8-14,16-19,31,33H,6-7,15,20-25,36H2/t31-,33+/m0/s1. The summed E-state index contributed by atoms with van der Waals surface area (Å²) in [6.45, 7) is 2.97. The van der Waals surface area contributed by atoms with Gasteiger partial charge in [-0.05, 0) is 65.3 Å². The van der Waals surface area contributed by atoms with E-state index in [1.54, 1.807) is 0 Å². The lowest BCUT2D eigenvalue weighted by atomic mass is 10.0. The van der Waals surface area contributed by atoms with E-state index >= 15 is 0 Å². The molecule has 0 aromatic heterocycles. The molecule has 6 rings (SSSR count). The topological polar surface area (TPSA) is 69.9 Å². The fraction of sp³-hybridized carbons (Fsp3) is 0.314. The van der Waals surface area contributed by atoms with Crippen LogP contribution in [0.4, 0.5) is 4.79 Å². The molecule has 4 aromatic carbocycles. The Morgan fingerprint density at radius 1 is 0.732 bits per heavy atom. The highest BCUT2D eigenvalue weighted by atomic mass is 16.2. The molecular weight excluding hydrogens is 508 g/mol. The molecule has 2 saturated heterocycles.